The Bertz CT molecular complexity index is 511. The van der Waals surface area contributed by atoms with Crippen molar-refractivity contribution in [3.05, 3.63) is 53.7 Å². The van der Waals surface area contributed by atoms with Crippen LogP contribution >= 0.6 is 11.8 Å². The van der Waals surface area contributed by atoms with Crippen LogP contribution in [0, 0.1) is 6.92 Å². The second kappa shape index (κ2) is 5.34. The summed E-state index contributed by atoms with van der Waals surface area (Å²) in [7, 11) is 0. The molecule has 0 aliphatic heterocycles. The third-order valence-corrected chi connectivity index (χ3v) is 3.38. The first-order valence-electron chi connectivity index (χ1n) is 5.54. The molecule has 17 heavy (non-hydrogen) atoms. The molecule has 2 nitrogen and oxygen atoms in total. The Morgan fingerprint density at radius 1 is 1.24 bits per heavy atom. The molecule has 0 radical (unpaired) electrons. The largest absolute Gasteiger partial charge is 0.389 e. The number of rotatable bonds is 3. The van der Waals surface area contributed by atoms with Crippen LogP contribution in [0.15, 0.2) is 52.5 Å². The lowest BCUT2D eigenvalue weighted by atomic mass is 10.2. The first-order valence-corrected chi connectivity index (χ1v) is 6.35. The molecule has 88 valence electrons. The Morgan fingerprint density at radius 3 is 2.76 bits per heavy atom. The van der Waals surface area contributed by atoms with Crippen molar-refractivity contribution in [1.29, 1.82) is 0 Å². The van der Waals surface area contributed by atoms with Crippen molar-refractivity contribution >= 4 is 11.8 Å². The minimum atomic E-state index is -0.449. The summed E-state index contributed by atoms with van der Waals surface area (Å²) in [4.78, 5) is 5.47. The standard InChI is InChI=1S/C14H15NOS/c1-10-4-3-5-13(8-10)17-14-9-12(11(2)16)6-7-15-14/h3-9,11,16H,1-2H3/t11-/m1/s1. The Balaban J connectivity index is 2.21. The molecule has 2 aromatic rings. The van der Waals surface area contributed by atoms with Crippen LogP contribution in [-0.4, -0.2) is 10.1 Å². The van der Waals surface area contributed by atoms with Gasteiger partial charge in [-0.1, -0.05) is 29.5 Å². The van der Waals surface area contributed by atoms with Crippen molar-refractivity contribution in [2.45, 2.75) is 29.9 Å². The summed E-state index contributed by atoms with van der Waals surface area (Å²) in [6.07, 6.45) is 1.29. The molecule has 0 aliphatic carbocycles. The van der Waals surface area contributed by atoms with Gasteiger partial charge in [0.15, 0.2) is 0 Å². The number of aliphatic hydroxyl groups is 1. The number of benzene rings is 1. The second-order valence-corrected chi connectivity index (χ2v) is 5.12. The maximum atomic E-state index is 9.52. The van der Waals surface area contributed by atoms with Gasteiger partial charge in [0.25, 0.3) is 0 Å². The molecule has 1 heterocycles. The summed E-state index contributed by atoms with van der Waals surface area (Å²) < 4.78 is 0. The smallest absolute Gasteiger partial charge is 0.101 e. The maximum absolute atomic E-state index is 9.52. The predicted octanol–water partition coefficient (Wildman–Crippen LogP) is 3.59. The van der Waals surface area contributed by atoms with Gasteiger partial charge in [-0.3, -0.25) is 0 Å². The first kappa shape index (κ1) is 12.1. The van der Waals surface area contributed by atoms with E-state index in [1.165, 1.54) is 10.5 Å². The van der Waals surface area contributed by atoms with Gasteiger partial charge in [0.05, 0.1) is 6.10 Å². The number of hydrogen-bond donors (Lipinski definition) is 1. The van der Waals surface area contributed by atoms with Crippen molar-refractivity contribution in [3.63, 3.8) is 0 Å². The van der Waals surface area contributed by atoms with E-state index >= 15 is 0 Å². The van der Waals surface area contributed by atoms with Gasteiger partial charge >= 0.3 is 0 Å². The number of hydrogen-bond acceptors (Lipinski definition) is 3. The Hall–Kier alpha value is -1.32. The van der Waals surface area contributed by atoms with Crippen LogP contribution in [0.25, 0.3) is 0 Å². The number of aliphatic hydroxyl groups excluding tert-OH is 1. The maximum Gasteiger partial charge on any atom is 0.101 e. The summed E-state index contributed by atoms with van der Waals surface area (Å²) in [5, 5.41) is 10.4. The molecule has 1 N–H and O–H groups in total. The third kappa shape index (κ3) is 3.32. The van der Waals surface area contributed by atoms with E-state index in [2.05, 4.69) is 30.1 Å². The van der Waals surface area contributed by atoms with Gasteiger partial charge in [-0.05, 0) is 43.7 Å². The highest BCUT2D eigenvalue weighted by molar-refractivity contribution is 7.99. The molecule has 2 rings (SSSR count). The average molecular weight is 245 g/mol. The summed E-state index contributed by atoms with van der Waals surface area (Å²) >= 11 is 1.61. The van der Waals surface area contributed by atoms with Crippen molar-refractivity contribution in [3.8, 4) is 0 Å². The van der Waals surface area contributed by atoms with Crippen LogP contribution in [-0.2, 0) is 0 Å². The van der Waals surface area contributed by atoms with Gasteiger partial charge in [-0.15, -0.1) is 0 Å². The van der Waals surface area contributed by atoms with Crippen LogP contribution in [0.1, 0.15) is 24.2 Å². The van der Waals surface area contributed by atoms with Gasteiger partial charge in [-0.25, -0.2) is 4.98 Å². The molecule has 0 saturated carbocycles. The molecule has 0 bridgehead atoms. The lowest BCUT2D eigenvalue weighted by Gasteiger charge is -2.06. The molecule has 0 amide bonds. The van der Waals surface area contributed by atoms with Crippen molar-refractivity contribution < 1.29 is 5.11 Å². The zero-order chi connectivity index (χ0) is 12.3. The highest BCUT2D eigenvalue weighted by Crippen LogP contribution is 2.27. The molecule has 0 unspecified atom stereocenters. The quantitative estimate of drug-likeness (QED) is 0.897. The fourth-order valence-electron chi connectivity index (χ4n) is 1.54. The van der Waals surface area contributed by atoms with E-state index in [-0.39, 0.29) is 0 Å². The molecule has 1 aromatic heterocycles. The number of nitrogens with zero attached hydrogens (tertiary/aromatic N) is 1. The van der Waals surface area contributed by atoms with E-state index in [4.69, 9.17) is 0 Å². The highest BCUT2D eigenvalue weighted by Gasteiger charge is 2.04. The number of aromatic nitrogens is 1. The molecule has 0 aliphatic rings. The minimum absolute atomic E-state index is 0.449. The minimum Gasteiger partial charge on any atom is -0.389 e. The van der Waals surface area contributed by atoms with E-state index in [9.17, 15) is 5.11 Å². The number of pyridine rings is 1. The topological polar surface area (TPSA) is 33.1 Å². The van der Waals surface area contributed by atoms with Crippen LogP contribution in [0.4, 0.5) is 0 Å². The van der Waals surface area contributed by atoms with Crippen LogP contribution in [0.5, 0.6) is 0 Å². The van der Waals surface area contributed by atoms with Crippen molar-refractivity contribution in [2.75, 3.05) is 0 Å². The summed E-state index contributed by atoms with van der Waals surface area (Å²) in [5.41, 5.74) is 2.14. The Morgan fingerprint density at radius 2 is 2.06 bits per heavy atom. The third-order valence-electron chi connectivity index (χ3n) is 2.45. The van der Waals surface area contributed by atoms with E-state index in [1.54, 1.807) is 24.9 Å². The van der Waals surface area contributed by atoms with E-state index < -0.39 is 6.10 Å². The summed E-state index contributed by atoms with van der Waals surface area (Å²) in [5.74, 6) is 0. The summed E-state index contributed by atoms with van der Waals surface area (Å²) in [6.45, 7) is 3.83. The van der Waals surface area contributed by atoms with Gasteiger partial charge in [0.2, 0.25) is 0 Å². The zero-order valence-electron chi connectivity index (χ0n) is 9.92. The molecule has 3 heteroatoms. The van der Waals surface area contributed by atoms with Gasteiger partial charge in [0.1, 0.15) is 5.03 Å². The molecular weight excluding hydrogens is 230 g/mol. The Labute approximate surface area is 106 Å². The van der Waals surface area contributed by atoms with Gasteiger partial charge < -0.3 is 5.11 Å². The molecule has 1 aromatic carbocycles. The molecular formula is C14H15NOS. The van der Waals surface area contributed by atoms with Crippen LogP contribution < -0.4 is 0 Å². The van der Waals surface area contributed by atoms with E-state index in [0.717, 1.165) is 10.6 Å². The van der Waals surface area contributed by atoms with Crippen molar-refractivity contribution in [2.24, 2.45) is 0 Å². The SMILES string of the molecule is Cc1cccc(Sc2cc([C@@H](C)O)ccn2)c1. The second-order valence-electron chi connectivity index (χ2n) is 4.02. The molecule has 0 saturated heterocycles. The monoisotopic (exact) mass is 245 g/mol. The predicted molar refractivity (Wildman–Crippen MR) is 70.2 cm³/mol. The normalized spacial score (nSPS) is 12.4. The first-order chi connectivity index (χ1) is 8.15. The highest BCUT2D eigenvalue weighted by atomic mass is 32.2. The van der Waals surface area contributed by atoms with E-state index in [0.29, 0.717) is 0 Å². The zero-order valence-corrected chi connectivity index (χ0v) is 10.7. The molecule has 1 atom stereocenters. The molecule has 0 spiro atoms. The molecule has 0 fully saturated rings. The lowest BCUT2D eigenvalue weighted by molar-refractivity contribution is 0.199. The van der Waals surface area contributed by atoms with Gasteiger partial charge in [-0.2, -0.15) is 0 Å². The van der Waals surface area contributed by atoms with Gasteiger partial charge in [0, 0.05) is 11.1 Å². The van der Waals surface area contributed by atoms with Crippen LogP contribution in [0.2, 0.25) is 0 Å². The fourth-order valence-corrected chi connectivity index (χ4v) is 2.48. The summed E-state index contributed by atoms with van der Waals surface area (Å²) in [6, 6.07) is 12.1. The number of aryl methyl sites for hydroxylation is 1. The van der Waals surface area contributed by atoms with E-state index in [1.807, 2.05) is 18.2 Å². The fraction of sp³-hybridized carbons (Fsp3) is 0.214. The average Bonchev–Trinajstić information content (AvgIpc) is 2.29. The Kier molecular flexibility index (Phi) is 3.82. The van der Waals surface area contributed by atoms with Crippen LogP contribution in [0.3, 0.4) is 0 Å². The lowest BCUT2D eigenvalue weighted by Crippen LogP contribution is -1.92. The van der Waals surface area contributed by atoms with Crippen molar-refractivity contribution in [1.82, 2.24) is 4.98 Å².